The van der Waals surface area contributed by atoms with Crippen LogP contribution in [0.1, 0.15) is 11.1 Å². The normalized spacial score (nSPS) is 11.4. The van der Waals surface area contributed by atoms with Crippen molar-refractivity contribution in [2.75, 3.05) is 0 Å². The van der Waals surface area contributed by atoms with Crippen molar-refractivity contribution in [3.63, 3.8) is 0 Å². The highest BCUT2D eigenvalue weighted by atomic mass is 14.2. The zero-order valence-electron chi connectivity index (χ0n) is 21.7. The molecule has 0 fully saturated rings. The third-order valence-electron chi connectivity index (χ3n) is 7.70. The van der Waals surface area contributed by atoms with E-state index in [2.05, 4.69) is 147 Å². The molecule has 0 aliphatic carbocycles. The summed E-state index contributed by atoms with van der Waals surface area (Å²) in [5.41, 5.74) is 10.3. The minimum Gasteiger partial charge on any atom is -0.0622 e. The van der Waals surface area contributed by atoms with E-state index in [0.717, 1.165) is 0 Å². The minimum atomic E-state index is 1.25. The van der Waals surface area contributed by atoms with E-state index in [1.54, 1.807) is 0 Å². The highest BCUT2D eigenvalue weighted by molar-refractivity contribution is 6.21. The first-order chi connectivity index (χ1) is 18.7. The Morgan fingerprint density at radius 3 is 1.50 bits per heavy atom. The van der Waals surface area contributed by atoms with Crippen LogP contribution in [0.3, 0.4) is 0 Å². The Kier molecular flexibility index (Phi) is 5.34. The summed E-state index contributed by atoms with van der Waals surface area (Å²) in [5, 5.41) is 7.70. The molecule has 0 radical (unpaired) electrons. The van der Waals surface area contributed by atoms with Crippen LogP contribution in [0.4, 0.5) is 0 Å². The van der Waals surface area contributed by atoms with Crippen molar-refractivity contribution in [1.82, 2.24) is 0 Å². The van der Waals surface area contributed by atoms with Crippen LogP contribution in [0.5, 0.6) is 0 Å². The van der Waals surface area contributed by atoms with Gasteiger partial charge in [-0.1, -0.05) is 139 Å². The molecule has 0 unspecified atom stereocenters. The zero-order chi connectivity index (χ0) is 25.6. The molecular weight excluding hydrogens is 456 g/mol. The van der Waals surface area contributed by atoms with Crippen molar-refractivity contribution in [2.45, 2.75) is 13.8 Å². The maximum absolute atomic E-state index is 2.40. The van der Waals surface area contributed by atoms with Gasteiger partial charge < -0.3 is 0 Å². The second kappa shape index (κ2) is 9.01. The average molecular weight is 485 g/mol. The molecule has 38 heavy (non-hydrogen) atoms. The molecule has 0 atom stereocenters. The molecule has 0 aliphatic heterocycles. The Hall–Kier alpha value is -4.68. The predicted molar refractivity (Wildman–Crippen MR) is 165 cm³/mol. The Balaban J connectivity index is 1.57. The Labute approximate surface area is 223 Å². The van der Waals surface area contributed by atoms with Gasteiger partial charge in [-0.25, -0.2) is 0 Å². The van der Waals surface area contributed by atoms with Gasteiger partial charge in [0.2, 0.25) is 0 Å². The van der Waals surface area contributed by atoms with E-state index in [9.17, 15) is 0 Å². The van der Waals surface area contributed by atoms with Crippen LogP contribution in [0.15, 0.2) is 133 Å². The Bertz CT molecular complexity index is 1900. The average Bonchev–Trinajstić information content (AvgIpc) is 2.95. The molecule has 0 nitrogen and oxygen atoms in total. The summed E-state index contributed by atoms with van der Waals surface area (Å²) in [5.74, 6) is 0. The first kappa shape index (κ1) is 22.5. The van der Waals surface area contributed by atoms with Crippen molar-refractivity contribution < 1.29 is 0 Å². The van der Waals surface area contributed by atoms with E-state index in [0.29, 0.717) is 0 Å². The highest BCUT2D eigenvalue weighted by Crippen LogP contribution is 2.44. The standard InChI is InChI=1S/C38H28/c1-25-21-26(2)23-30(22-25)31-18-10-13-27-19-20-29(24-36(27)31)38-34-16-8-6-14-32(34)37(28-11-4-3-5-12-28)33-15-7-9-17-35(33)38/h3-24H,1-2H3. The van der Waals surface area contributed by atoms with Gasteiger partial charge in [-0.2, -0.15) is 0 Å². The van der Waals surface area contributed by atoms with Crippen molar-refractivity contribution in [3.8, 4) is 33.4 Å². The van der Waals surface area contributed by atoms with Gasteiger partial charge in [-0.05, 0) is 85.6 Å². The molecule has 7 aromatic rings. The number of aryl methyl sites for hydroxylation is 2. The predicted octanol–water partition coefficient (Wildman–Crippen LogP) is 10.8. The molecule has 0 N–H and O–H groups in total. The Morgan fingerprint density at radius 1 is 0.342 bits per heavy atom. The van der Waals surface area contributed by atoms with Gasteiger partial charge in [-0.15, -0.1) is 0 Å². The molecular formula is C38H28. The van der Waals surface area contributed by atoms with Gasteiger partial charge in [0.05, 0.1) is 0 Å². The first-order valence-electron chi connectivity index (χ1n) is 13.3. The molecule has 0 heteroatoms. The summed E-state index contributed by atoms with van der Waals surface area (Å²) in [4.78, 5) is 0. The van der Waals surface area contributed by atoms with Crippen LogP contribution in [0, 0.1) is 13.8 Å². The lowest BCUT2D eigenvalue weighted by atomic mass is 9.85. The summed E-state index contributed by atoms with van der Waals surface area (Å²) in [7, 11) is 0. The summed E-state index contributed by atoms with van der Waals surface area (Å²) in [6, 6.07) is 49.0. The molecule has 0 amide bonds. The maximum Gasteiger partial charge on any atom is -0.00261 e. The molecule has 0 bridgehead atoms. The monoisotopic (exact) mass is 484 g/mol. The topological polar surface area (TPSA) is 0 Å². The van der Waals surface area contributed by atoms with Crippen molar-refractivity contribution in [1.29, 1.82) is 0 Å². The van der Waals surface area contributed by atoms with E-state index >= 15 is 0 Å². The number of benzene rings is 7. The van der Waals surface area contributed by atoms with E-state index < -0.39 is 0 Å². The van der Waals surface area contributed by atoms with Gasteiger partial charge in [0.1, 0.15) is 0 Å². The fourth-order valence-corrected chi connectivity index (χ4v) is 6.17. The number of hydrogen-bond acceptors (Lipinski definition) is 0. The van der Waals surface area contributed by atoms with Gasteiger partial charge in [0.25, 0.3) is 0 Å². The van der Waals surface area contributed by atoms with Crippen molar-refractivity contribution >= 4 is 32.3 Å². The molecule has 7 rings (SSSR count). The van der Waals surface area contributed by atoms with Gasteiger partial charge in [0, 0.05) is 0 Å². The van der Waals surface area contributed by atoms with Crippen LogP contribution in [0.25, 0.3) is 65.7 Å². The fourth-order valence-electron chi connectivity index (χ4n) is 6.17. The summed E-state index contributed by atoms with van der Waals surface area (Å²) >= 11 is 0. The Morgan fingerprint density at radius 2 is 0.895 bits per heavy atom. The lowest BCUT2D eigenvalue weighted by molar-refractivity contribution is 1.39. The minimum absolute atomic E-state index is 1.25. The van der Waals surface area contributed by atoms with Crippen LogP contribution in [0.2, 0.25) is 0 Å². The van der Waals surface area contributed by atoms with E-state index in [4.69, 9.17) is 0 Å². The third kappa shape index (κ3) is 3.69. The van der Waals surface area contributed by atoms with E-state index in [-0.39, 0.29) is 0 Å². The number of fused-ring (bicyclic) bond motifs is 3. The highest BCUT2D eigenvalue weighted by Gasteiger charge is 2.17. The molecule has 180 valence electrons. The van der Waals surface area contributed by atoms with Crippen molar-refractivity contribution in [2.24, 2.45) is 0 Å². The fraction of sp³-hybridized carbons (Fsp3) is 0.0526. The molecule has 0 heterocycles. The van der Waals surface area contributed by atoms with Gasteiger partial charge in [0.15, 0.2) is 0 Å². The molecule has 0 aromatic heterocycles. The smallest absolute Gasteiger partial charge is 0.00261 e. The SMILES string of the molecule is Cc1cc(C)cc(-c2cccc3ccc(-c4c5ccccc5c(-c5ccccc5)c5ccccc45)cc23)c1. The number of rotatable bonds is 3. The van der Waals surface area contributed by atoms with Crippen LogP contribution < -0.4 is 0 Å². The second-order valence-electron chi connectivity index (χ2n) is 10.3. The zero-order valence-corrected chi connectivity index (χ0v) is 21.7. The number of hydrogen-bond donors (Lipinski definition) is 0. The molecule has 0 saturated heterocycles. The summed E-state index contributed by atoms with van der Waals surface area (Å²) < 4.78 is 0. The van der Waals surface area contributed by atoms with Crippen molar-refractivity contribution in [3.05, 3.63) is 145 Å². The third-order valence-corrected chi connectivity index (χ3v) is 7.70. The lowest BCUT2D eigenvalue weighted by Gasteiger charge is -2.18. The van der Waals surface area contributed by atoms with Gasteiger partial charge in [-0.3, -0.25) is 0 Å². The lowest BCUT2D eigenvalue weighted by Crippen LogP contribution is -1.91. The second-order valence-corrected chi connectivity index (χ2v) is 10.3. The van der Waals surface area contributed by atoms with E-state index in [1.807, 2.05) is 0 Å². The largest absolute Gasteiger partial charge is 0.0622 e. The molecule has 0 aliphatic rings. The summed E-state index contributed by atoms with van der Waals surface area (Å²) in [6.45, 7) is 4.36. The molecule has 0 saturated carbocycles. The van der Waals surface area contributed by atoms with Crippen LogP contribution in [-0.4, -0.2) is 0 Å². The molecule has 0 spiro atoms. The maximum atomic E-state index is 2.40. The van der Waals surface area contributed by atoms with Crippen LogP contribution >= 0.6 is 0 Å². The quantitative estimate of drug-likeness (QED) is 0.219. The summed E-state index contributed by atoms with van der Waals surface area (Å²) in [6.07, 6.45) is 0. The first-order valence-corrected chi connectivity index (χ1v) is 13.3. The van der Waals surface area contributed by atoms with Gasteiger partial charge >= 0.3 is 0 Å². The molecule has 7 aromatic carbocycles. The van der Waals surface area contributed by atoms with E-state index in [1.165, 1.54) is 76.8 Å². The van der Waals surface area contributed by atoms with Crippen LogP contribution in [-0.2, 0) is 0 Å².